The van der Waals surface area contributed by atoms with Gasteiger partial charge in [-0.1, -0.05) is 6.92 Å². The SMILES string of the molecule is CCc1cc(CC2(O)CC(C)N(C3CC3)C2)n(C)n1. The van der Waals surface area contributed by atoms with Gasteiger partial charge in [0.05, 0.1) is 11.3 Å². The molecule has 2 atom stereocenters. The van der Waals surface area contributed by atoms with Gasteiger partial charge >= 0.3 is 0 Å². The molecule has 1 aliphatic heterocycles. The molecule has 2 aliphatic rings. The van der Waals surface area contributed by atoms with Crippen molar-refractivity contribution in [1.29, 1.82) is 0 Å². The Kier molecular flexibility index (Phi) is 3.18. The fourth-order valence-electron chi connectivity index (χ4n) is 3.50. The van der Waals surface area contributed by atoms with Gasteiger partial charge in [-0.25, -0.2) is 0 Å². The Morgan fingerprint density at radius 2 is 2.21 bits per heavy atom. The van der Waals surface area contributed by atoms with E-state index in [-0.39, 0.29) is 0 Å². The molecule has 4 heteroatoms. The summed E-state index contributed by atoms with van der Waals surface area (Å²) < 4.78 is 1.93. The topological polar surface area (TPSA) is 41.3 Å². The smallest absolute Gasteiger partial charge is 0.0844 e. The molecule has 1 saturated carbocycles. The molecule has 0 spiro atoms. The lowest BCUT2D eigenvalue weighted by molar-refractivity contribution is 0.0469. The number of hydrogen-bond donors (Lipinski definition) is 1. The monoisotopic (exact) mass is 263 g/mol. The van der Waals surface area contributed by atoms with Gasteiger partial charge in [-0.05, 0) is 38.7 Å². The van der Waals surface area contributed by atoms with E-state index in [0.29, 0.717) is 6.04 Å². The molecule has 1 aromatic rings. The summed E-state index contributed by atoms with van der Waals surface area (Å²) in [6.45, 7) is 5.19. The summed E-state index contributed by atoms with van der Waals surface area (Å²) in [5.74, 6) is 0. The fraction of sp³-hybridized carbons (Fsp3) is 0.800. The average molecular weight is 263 g/mol. The minimum absolute atomic E-state index is 0.511. The van der Waals surface area contributed by atoms with Crippen molar-refractivity contribution >= 4 is 0 Å². The van der Waals surface area contributed by atoms with Gasteiger partial charge in [0.2, 0.25) is 0 Å². The molecule has 19 heavy (non-hydrogen) atoms. The van der Waals surface area contributed by atoms with Gasteiger partial charge in [0.25, 0.3) is 0 Å². The molecule has 4 nitrogen and oxygen atoms in total. The molecular weight excluding hydrogens is 238 g/mol. The van der Waals surface area contributed by atoms with E-state index >= 15 is 0 Å². The van der Waals surface area contributed by atoms with E-state index in [1.165, 1.54) is 12.8 Å². The normalized spacial score (nSPS) is 32.1. The number of hydrogen-bond acceptors (Lipinski definition) is 3. The number of aliphatic hydroxyl groups is 1. The Morgan fingerprint density at radius 3 is 2.79 bits per heavy atom. The van der Waals surface area contributed by atoms with Gasteiger partial charge in [-0.3, -0.25) is 9.58 Å². The standard InChI is InChI=1S/C15H25N3O/c1-4-12-7-14(17(3)16-12)9-15(19)8-11(2)18(10-15)13-5-6-13/h7,11,13,19H,4-6,8-10H2,1-3H3. The third-order valence-corrected chi connectivity index (χ3v) is 4.63. The molecule has 0 bridgehead atoms. The zero-order valence-electron chi connectivity index (χ0n) is 12.3. The molecule has 1 aromatic heterocycles. The highest BCUT2D eigenvalue weighted by Crippen LogP contribution is 2.38. The second-order valence-electron chi connectivity index (χ2n) is 6.46. The van der Waals surface area contributed by atoms with Gasteiger partial charge < -0.3 is 5.11 Å². The Labute approximate surface area is 115 Å². The van der Waals surface area contributed by atoms with Crippen LogP contribution < -0.4 is 0 Å². The molecule has 2 unspecified atom stereocenters. The summed E-state index contributed by atoms with van der Waals surface area (Å²) in [5, 5.41) is 15.4. The second-order valence-corrected chi connectivity index (χ2v) is 6.46. The van der Waals surface area contributed by atoms with E-state index in [1.54, 1.807) is 0 Å². The highest BCUT2D eigenvalue weighted by molar-refractivity contribution is 5.15. The third kappa shape index (κ3) is 2.56. The predicted octanol–water partition coefficient (Wildman–Crippen LogP) is 1.51. The van der Waals surface area contributed by atoms with Crippen molar-refractivity contribution in [2.75, 3.05) is 6.54 Å². The minimum Gasteiger partial charge on any atom is -0.388 e. The number of nitrogens with zero attached hydrogens (tertiary/aromatic N) is 3. The number of rotatable bonds is 4. The molecule has 0 radical (unpaired) electrons. The Hall–Kier alpha value is -0.870. The first-order valence-electron chi connectivity index (χ1n) is 7.50. The van der Waals surface area contributed by atoms with Crippen molar-refractivity contribution in [3.8, 4) is 0 Å². The van der Waals surface area contributed by atoms with Crippen molar-refractivity contribution < 1.29 is 5.11 Å². The van der Waals surface area contributed by atoms with Crippen LogP contribution in [0, 0.1) is 0 Å². The molecule has 106 valence electrons. The van der Waals surface area contributed by atoms with Gasteiger partial charge in [0.1, 0.15) is 0 Å². The van der Waals surface area contributed by atoms with E-state index in [0.717, 1.165) is 43.2 Å². The highest BCUT2D eigenvalue weighted by atomic mass is 16.3. The van der Waals surface area contributed by atoms with Crippen LogP contribution in [0.1, 0.15) is 44.5 Å². The van der Waals surface area contributed by atoms with E-state index in [2.05, 4.69) is 29.9 Å². The fourth-order valence-corrected chi connectivity index (χ4v) is 3.50. The molecule has 3 rings (SSSR count). The van der Waals surface area contributed by atoms with Crippen molar-refractivity contribution in [3.05, 3.63) is 17.5 Å². The molecule has 0 aromatic carbocycles. The Morgan fingerprint density at radius 1 is 1.47 bits per heavy atom. The summed E-state index contributed by atoms with van der Waals surface area (Å²) in [7, 11) is 1.98. The number of aryl methyl sites for hydroxylation is 2. The predicted molar refractivity (Wildman–Crippen MR) is 75.0 cm³/mol. The first kappa shape index (κ1) is 13.1. The van der Waals surface area contributed by atoms with Crippen LogP contribution in [0.5, 0.6) is 0 Å². The van der Waals surface area contributed by atoms with Crippen LogP contribution in [0.25, 0.3) is 0 Å². The summed E-state index contributed by atoms with van der Waals surface area (Å²) >= 11 is 0. The van der Waals surface area contributed by atoms with Crippen LogP contribution in [-0.4, -0.2) is 44.0 Å². The Bertz CT molecular complexity index is 466. The van der Waals surface area contributed by atoms with E-state index in [9.17, 15) is 5.11 Å². The molecule has 2 fully saturated rings. The van der Waals surface area contributed by atoms with Crippen LogP contribution in [0.15, 0.2) is 6.07 Å². The van der Waals surface area contributed by atoms with Crippen molar-refractivity contribution in [3.63, 3.8) is 0 Å². The van der Waals surface area contributed by atoms with E-state index in [1.807, 2.05) is 11.7 Å². The maximum Gasteiger partial charge on any atom is 0.0844 e. The van der Waals surface area contributed by atoms with Crippen LogP contribution in [0.3, 0.4) is 0 Å². The summed E-state index contributed by atoms with van der Waals surface area (Å²) in [5.41, 5.74) is 1.70. The molecule has 1 N–H and O–H groups in total. The molecule has 0 amide bonds. The van der Waals surface area contributed by atoms with Gasteiger partial charge in [-0.15, -0.1) is 0 Å². The van der Waals surface area contributed by atoms with Crippen LogP contribution in [0.4, 0.5) is 0 Å². The lowest BCUT2D eigenvalue weighted by atomic mass is 9.94. The van der Waals surface area contributed by atoms with Crippen molar-refractivity contribution in [2.24, 2.45) is 7.05 Å². The first-order valence-corrected chi connectivity index (χ1v) is 7.50. The Balaban J connectivity index is 1.73. The van der Waals surface area contributed by atoms with Gasteiger partial charge in [-0.2, -0.15) is 5.10 Å². The third-order valence-electron chi connectivity index (χ3n) is 4.63. The zero-order valence-corrected chi connectivity index (χ0v) is 12.3. The quantitative estimate of drug-likeness (QED) is 0.895. The summed E-state index contributed by atoms with van der Waals surface area (Å²) in [4.78, 5) is 2.50. The molecule has 2 heterocycles. The lowest BCUT2D eigenvalue weighted by Crippen LogP contribution is -2.37. The van der Waals surface area contributed by atoms with Crippen LogP contribution in [-0.2, 0) is 19.9 Å². The molecular formula is C15H25N3O. The number of aromatic nitrogens is 2. The summed E-state index contributed by atoms with van der Waals surface area (Å²) in [6, 6.07) is 3.39. The summed E-state index contributed by atoms with van der Waals surface area (Å²) in [6.07, 6.45) is 5.19. The van der Waals surface area contributed by atoms with Crippen LogP contribution >= 0.6 is 0 Å². The van der Waals surface area contributed by atoms with Gasteiger partial charge in [0.15, 0.2) is 0 Å². The van der Waals surface area contributed by atoms with Crippen molar-refractivity contribution in [2.45, 2.75) is 63.6 Å². The van der Waals surface area contributed by atoms with Crippen LogP contribution in [0.2, 0.25) is 0 Å². The highest BCUT2D eigenvalue weighted by Gasteiger charge is 2.46. The largest absolute Gasteiger partial charge is 0.388 e. The second kappa shape index (κ2) is 4.60. The molecule has 1 saturated heterocycles. The van der Waals surface area contributed by atoms with Crippen molar-refractivity contribution in [1.82, 2.24) is 14.7 Å². The van der Waals surface area contributed by atoms with E-state index < -0.39 is 5.60 Å². The first-order chi connectivity index (χ1) is 9.00. The van der Waals surface area contributed by atoms with E-state index in [4.69, 9.17) is 0 Å². The maximum absolute atomic E-state index is 10.9. The average Bonchev–Trinajstić information content (AvgIpc) is 3.07. The maximum atomic E-state index is 10.9. The molecule has 1 aliphatic carbocycles. The zero-order chi connectivity index (χ0) is 13.6. The number of likely N-dealkylation sites (tertiary alicyclic amines) is 1. The number of β-amino-alcohol motifs (C(OH)–C–C–N with tert-alkyl or cyclic N) is 1. The minimum atomic E-state index is -0.569. The van der Waals surface area contributed by atoms with Gasteiger partial charge in [0, 0.05) is 37.8 Å². The lowest BCUT2D eigenvalue weighted by Gasteiger charge is -2.23.